The van der Waals surface area contributed by atoms with E-state index in [2.05, 4.69) is 49.6 Å². The molecule has 500 valence electrons. The number of benzene rings is 2. The average molecular weight is 1350 g/mol. The van der Waals surface area contributed by atoms with Crippen LogP contribution in [0.4, 0.5) is 10.3 Å². The molecule has 2 aromatic carbocycles. The summed E-state index contributed by atoms with van der Waals surface area (Å²) >= 11 is 1.81. The fourth-order valence-electron chi connectivity index (χ4n) is 9.49. The van der Waals surface area contributed by atoms with Crippen LogP contribution in [0.3, 0.4) is 0 Å². The van der Waals surface area contributed by atoms with Crippen molar-refractivity contribution in [1.82, 2.24) is 40.1 Å². The standard InChI is InChI=1S/C56H72N18O16S3/c1-55(2)45(65-47(75)43(39-31-91-53(61)63-39)67-87-41(51(79)80)29-85-37-13-9-33(10-14-37)35-25-69(21-5-17-57)70(26-35)22-6-18-58)49(77)73(55)89-93(83,84)90-74-50(78)46(56(74,3)4)66-48(76)44(40-32-92-54(62)64-40)68-88-42(52(81)82)30-86-38-15-11-34(12-16-38)36-27-71(23-7-19-59)72(28-36)24-8-20-60/h9-16,25-28,31-32,41-42,45-46H,5-8,17-24,29-30,57-60H2,1-4H3,(H6-2,61,62,63,64,65,66,75,76,79,80,81,82)/p+2/b67-43-,68-44-/t41-,42-,45+,46+/m0/s1. The van der Waals surface area contributed by atoms with Gasteiger partial charge in [0.1, 0.15) is 48.2 Å². The number of β-lactam (4-membered cyclic amide) rings is 2. The molecule has 8 rings (SSSR count). The summed E-state index contributed by atoms with van der Waals surface area (Å²) in [7, 11) is -5.37. The van der Waals surface area contributed by atoms with E-state index in [1.807, 2.05) is 24.8 Å². The molecular weight excluding hydrogens is 1280 g/mol. The maximum absolute atomic E-state index is 13.9. The van der Waals surface area contributed by atoms with Crippen LogP contribution in [0, 0.1) is 0 Å². The number of carboxylic acid groups (broad SMARTS) is 2. The maximum Gasteiger partial charge on any atom is 0.442 e. The van der Waals surface area contributed by atoms with Gasteiger partial charge < -0.3 is 74.4 Å². The number of hydroxylamine groups is 4. The van der Waals surface area contributed by atoms with E-state index in [9.17, 15) is 47.4 Å². The highest BCUT2D eigenvalue weighted by atomic mass is 32.3. The number of oxime groups is 2. The van der Waals surface area contributed by atoms with Gasteiger partial charge in [-0.3, -0.25) is 19.2 Å². The van der Waals surface area contributed by atoms with Crippen molar-refractivity contribution in [2.45, 2.75) is 115 Å². The number of aromatic nitrogens is 6. The van der Waals surface area contributed by atoms with E-state index in [0.29, 0.717) is 62.5 Å². The van der Waals surface area contributed by atoms with Gasteiger partial charge >= 0.3 is 22.3 Å². The highest BCUT2D eigenvalue weighted by Crippen LogP contribution is 2.37. The number of nitrogens with two attached hydrogens (primary N) is 6. The molecule has 0 spiro atoms. The highest BCUT2D eigenvalue weighted by Gasteiger charge is 2.61. The summed E-state index contributed by atoms with van der Waals surface area (Å²) in [6, 6.07) is 10.7. The van der Waals surface area contributed by atoms with Crippen LogP contribution in [0.5, 0.6) is 11.5 Å². The van der Waals surface area contributed by atoms with Crippen molar-refractivity contribution < 1.29 is 84.5 Å². The number of carboxylic acids is 2. The molecule has 2 fully saturated rings. The molecule has 4 amide bonds. The van der Waals surface area contributed by atoms with Gasteiger partial charge in [-0.05, 0) is 102 Å². The molecule has 0 bridgehead atoms. The lowest BCUT2D eigenvalue weighted by Crippen LogP contribution is -2.78. The average Bonchev–Trinajstić information content (AvgIpc) is 1.35. The van der Waals surface area contributed by atoms with Gasteiger partial charge in [0.15, 0.2) is 34.8 Å². The van der Waals surface area contributed by atoms with Crippen molar-refractivity contribution >= 4 is 90.3 Å². The molecule has 37 heteroatoms. The van der Waals surface area contributed by atoms with Crippen molar-refractivity contribution in [2.75, 3.05) is 50.9 Å². The first-order valence-electron chi connectivity index (χ1n) is 29.1. The molecule has 4 atom stereocenters. The predicted molar refractivity (Wildman–Crippen MR) is 334 cm³/mol. The van der Waals surface area contributed by atoms with E-state index in [-0.39, 0.29) is 33.1 Å². The molecule has 93 heavy (non-hydrogen) atoms. The summed E-state index contributed by atoms with van der Waals surface area (Å²) in [4.78, 5) is 98.7. The van der Waals surface area contributed by atoms with Gasteiger partial charge in [0.05, 0.1) is 47.7 Å². The van der Waals surface area contributed by atoms with E-state index in [4.69, 9.17) is 62.1 Å². The number of aliphatic carboxylic acids is 2. The SMILES string of the molecule is CC1(C)[C@H](NC(=O)/C(=N\O[C@@H](COc2ccc(-c3cn(CCCN)[n+](CCCN)c3)cc2)C(=O)O)c2csc(N)n2)C(=O)N1OS(=O)(=O)ON1C(=O)[C@@H](NC(=O)/C(=N\O[C@@H](COc2ccc(-c3cn(CCCN)[n+](CCCN)c3)cc2)C(=O)O)c2csc(N)n2)C1(C)C. The summed E-state index contributed by atoms with van der Waals surface area (Å²) < 4.78 is 56.8. The number of thiazole rings is 2. The fraction of sp³-hybridized carbons (Fsp3) is 0.429. The number of rotatable bonds is 36. The van der Waals surface area contributed by atoms with Crippen molar-refractivity contribution in [3.63, 3.8) is 0 Å². The zero-order chi connectivity index (χ0) is 67.4. The first-order valence-corrected chi connectivity index (χ1v) is 32.1. The molecule has 16 N–H and O–H groups in total. The molecule has 0 unspecified atom stereocenters. The number of nitrogen functional groups attached to an aromatic ring is 2. The Labute approximate surface area is 540 Å². The molecule has 4 aromatic heterocycles. The van der Waals surface area contributed by atoms with Crippen molar-refractivity contribution in [3.8, 4) is 33.8 Å². The van der Waals surface area contributed by atoms with Gasteiger partial charge in [-0.1, -0.05) is 34.6 Å². The van der Waals surface area contributed by atoms with E-state index in [1.165, 1.54) is 38.5 Å². The van der Waals surface area contributed by atoms with Gasteiger partial charge in [-0.15, -0.1) is 40.6 Å². The van der Waals surface area contributed by atoms with E-state index >= 15 is 0 Å². The van der Waals surface area contributed by atoms with E-state index in [1.54, 1.807) is 48.5 Å². The Balaban J connectivity index is 0.860. The Hall–Kier alpha value is -9.21. The predicted octanol–water partition coefficient (Wildman–Crippen LogP) is -0.804. The Morgan fingerprint density at radius 1 is 0.613 bits per heavy atom. The van der Waals surface area contributed by atoms with Crippen LogP contribution in [-0.4, -0.2) is 170 Å². The smallest absolute Gasteiger partial charge is 0.442 e. The Bertz CT molecular complexity index is 3540. The molecule has 2 aliphatic rings. The number of amides is 4. The first-order chi connectivity index (χ1) is 44.3. The minimum Gasteiger partial charge on any atom is -0.489 e. The lowest BCUT2D eigenvalue weighted by Gasteiger charge is -2.52. The van der Waals surface area contributed by atoms with E-state index in [0.717, 1.165) is 70.6 Å². The number of carbonyl (C=O) groups excluding carboxylic acids is 4. The minimum atomic E-state index is -5.37. The fourth-order valence-corrected chi connectivity index (χ4v) is 11.5. The molecule has 6 aromatic rings. The van der Waals surface area contributed by atoms with Crippen LogP contribution in [0.15, 0.2) is 94.4 Å². The molecule has 34 nitrogen and oxygen atoms in total. The number of hydrogen-bond acceptors (Lipinski definition) is 26. The molecule has 0 aliphatic carbocycles. The van der Waals surface area contributed by atoms with Crippen LogP contribution < -0.4 is 63.9 Å². The molecule has 0 saturated carbocycles. The van der Waals surface area contributed by atoms with Gasteiger partial charge in [0.2, 0.25) is 12.4 Å². The molecule has 0 radical (unpaired) electrons. The second-order valence-electron chi connectivity index (χ2n) is 22.1. The van der Waals surface area contributed by atoms with Crippen molar-refractivity contribution in [2.24, 2.45) is 33.2 Å². The summed E-state index contributed by atoms with van der Waals surface area (Å²) in [6.45, 7) is 9.02. The monoisotopic (exact) mass is 1350 g/mol. The quantitative estimate of drug-likeness (QED) is 0.00996. The number of hydrogen-bond donors (Lipinski definition) is 10. The van der Waals surface area contributed by atoms with Gasteiger partial charge in [-0.2, -0.15) is 27.9 Å². The Morgan fingerprint density at radius 2 is 0.978 bits per heavy atom. The summed E-state index contributed by atoms with van der Waals surface area (Å²) in [6.07, 6.45) is 7.51. The third-order valence-electron chi connectivity index (χ3n) is 14.6. The molecule has 2 saturated heterocycles. The van der Waals surface area contributed by atoms with Crippen LogP contribution >= 0.6 is 22.7 Å². The van der Waals surface area contributed by atoms with Crippen LogP contribution in [0.2, 0.25) is 0 Å². The Morgan fingerprint density at radius 3 is 1.29 bits per heavy atom. The Kier molecular flexibility index (Phi) is 22.8. The molecular formula is C56H74N18O16S3+2. The topological polar surface area (TPSA) is 487 Å². The lowest BCUT2D eigenvalue weighted by atomic mass is 9.84. The molecule has 2 aliphatic heterocycles. The van der Waals surface area contributed by atoms with Gasteiger partial charge in [0, 0.05) is 23.6 Å². The minimum absolute atomic E-state index is 0.0146. The number of carbonyl (C=O) groups is 6. The van der Waals surface area contributed by atoms with E-state index < -0.39 is 106 Å². The number of nitrogens with zero attached hydrogens (tertiary/aromatic N) is 10. The third-order valence-corrected chi connectivity index (χ3v) is 16.7. The third kappa shape index (κ3) is 16.9. The second kappa shape index (κ2) is 30.5. The van der Waals surface area contributed by atoms with Gasteiger partial charge in [0.25, 0.3) is 35.8 Å². The van der Waals surface area contributed by atoms with Crippen LogP contribution in [0.25, 0.3) is 22.3 Å². The van der Waals surface area contributed by atoms with Gasteiger partial charge in [-0.25, -0.2) is 19.6 Å². The number of anilines is 2. The lowest BCUT2D eigenvalue weighted by molar-refractivity contribution is -0.775. The zero-order valence-corrected chi connectivity index (χ0v) is 53.5. The van der Waals surface area contributed by atoms with Crippen LogP contribution in [0.1, 0.15) is 64.8 Å². The summed E-state index contributed by atoms with van der Waals surface area (Å²) in [5, 5.41) is 35.9. The first kappa shape index (κ1) is 69.7. The van der Waals surface area contributed by atoms with Crippen molar-refractivity contribution in [1.29, 1.82) is 0 Å². The second-order valence-corrected chi connectivity index (χ2v) is 25.0. The normalized spacial score (nSPS) is 16.9. The highest BCUT2D eigenvalue weighted by molar-refractivity contribution is 7.81. The number of nitrogens with one attached hydrogen (secondary N) is 2. The summed E-state index contributed by atoms with van der Waals surface area (Å²) in [5.41, 5.74) is 33.3. The van der Waals surface area contributed by atoms with Crippen LogP contribution in [-0.2, 0) is 83.6 Å². The number of ether oxygens (including phenoxy) is 2. The maximum atomic E-state index is 13.9. The summed E-state index contributed by atoms with van der Waals surface area (Å²) in [5.74, 6) is -6.99. The zero-order valence-electron chi connectivity index (χ0n) is 51.1. The largest absolute Gasteiger partial charge is 0.489 e. The van der Waals surface area contributed by atoms with Crippen molar-refractivity contribution in [3.05, 3.63) is 95.5 Å². The molecule has 6 heterocycles. The number of aryl methyl sites for hydroxylation is 4.